The van der Waals surface area contributed by atoms with Crippen molar-refractivity contribution in [2.45, 2.75) is 145 Å². The Balaban J connectivity index is 1.18. The third-order valence-electron chi connectivity index (χ3n) is 19.4. The zero-order valence-electron chi connectivity index (χ0n) is 49.1. The minimum Gasteiger partial charge on any atom is -0.507 e. The zero-order chi connectivity index (χ0) is 61.9. The third-order valence-corrected chi connectivity index (χ3v) is 19.4. The minimum absolute atomic E-state index is 0.0252. The van der Waals surface area contributed by atoms with Crippen molar-refractivity contribution in [2.75, 3.05) is 40.0 Å². The van der Waals surface area contributed by atoms with E-state index in [4.69, 9.17) is 40.9 Å². The summed E-state index contributed by atoms with van der Waals surface area (Å²) in [5.74, 6) is -1.38. The van der Waals surface area contributed by atoms with Crippen LogP contribution in [-0.4, -0.2) is 148 Å². The summed E-state index contributed by atoms with van der Waals surface area (Å²) in [6, 6.07) is 11.4. The lowest BCUT2D eigenvalue weighted by molar-refractivity contribution is -0.378. The van der Waals surface area contributed by atoms with Crippen molar-refractivity contribution in [1.29, 1.82) is 0 Å². The van der Waals surface area contributed by atoms with Crippen molar-refractivity contribution in [3.63, 3.8) is 0 Å². The quantitative estimate of drug-likeness (QED) is 0.0118. The molecule has 0 amide bonds. The Kier molecular flexibility index (Phi) is 17.4. The number of ether oxygens (including phenoxy) is 5. The Morgan fingerprint density at radius 1 is 0.966 bits per heavy atom. The number of guanidine groups is 1. The molecule has 87 heavy (non-hydrogen) atoms. The molecule has 0 unspecified atom stereocenters. The van der Waals surface area contributed by atoms with Crippen LogP contribution in [0.15, 0.2) is 47.5 Å². The van der Waals surface area contributed by atoms with Crippen molar-refractivity contribution < 1.29 is 78.6 Å². The predicted octanol–water partition coefficient (Wildman–Crippen LogP) is 3.29. The number of aldehydes is 1. The summed E-state index contributed by atoms with van der Waals surface area (Å²) >= 11 is 0. The number of ketones is 2. The van der Waals surface area contributed by atoms with Crippen molar-refractivity contribution in [2.24, 2.45) is 45.4 Å². The average molecular weight is 1200 g/mol. The number of nitrogens with one attached hydrogen (secondary N) is 1. The predicted molar refractivity (Wildman–Crippen MR) is 318 cm³/mol. The van der Waals surface area contributed by atoms with Crippen LogP contribution < -0.4 is 32.0 Å². The van der Waals surface area contributed by atoms with Crippen molar-refractivity contribution in [3.8, 4) is 29.1 Å². The Labute approximate surface area is 503 Å². The molecule has 21 nitrogen and oxygen atoms in total. The SMILES string of the molecule is CNC[C@H]1C[C@@H]2CC3(CCOCC3)[C@H]3C[C@@H]2[C@@](O)(C1)c1c3ccc(Cc2c(O)c3c4c(c2O[C@H]2O[C@@H](C)[C@@H](O)C(O)(O)[C@H]2OCCN=C(N)N)CC#C[C@H](N)CC[C@@H](O)Cc2cccc(c2)/C=C/c2c(OC(C)=O)cc(CO)c(c2C4=O)C3=O)c1C=O. The molecular formula is C66H77N5O16. The number of aliphatic imine (C=N–C) groups is 1. The van der Waals surface area contributed by atoms with E-state index in [1.165, 1.54) is 19.1 Å². The first kappa shape index (κ1) is 61.7. The van der Waals surface area contributed by atoms with Gasteiger partial charge in [0.15, 0.2) is 29.9 Å². The lowest BCUT2D eigenvalue weighted by Crippen LogP contribution is -2.67. The largest absolute Gasteiger partial charge is 0.507 e. The molecule has 14 N–H and O–H groups in total. The van der Waals surface area contributed by atoms with Crippen molar-refractivity contribution >= 4 is 41.9 Å². The van der Waals surface area contributed by atoms with E-state index in [2.05, 4.69) is 22.2 Å². The maximum atomic E-state index is 16.2. The van der Waals surface area contributed by atoms with Gasteiger partial charge in [-0.15, -0.1) is 0 Å². The number of nitrogens with zero attached hydrogens (tertiary/aromatic N) is 1. The number of hydrogen-bond acceptors (Lipinski definition) is 19. The average Bonchev–Trinajstić information content (AvgIpc) is 0.722. The van der Waals surface area contributed by atoms with Crippen LogP contribution >= 0.6 is 0 Å². The number of fused-ring (bicyclic) bond motifs is 7. The van der Waals surface area contributed by atoms with Gasteiger partial charge in [-0.25, -0.2) is 0 Å². The van der Waals surface area contributed by atoms with Gasteiger partial charge < -0.3 is 81.9 Å². The topological polar surface area (TPSA) is 358 Å². The monoisotopic (exact) mass is 1200 g/mol. The summed E-state index contributed by atoms with van der Waals surface area (Å²) in [6.45, 7) is 2.86. The molecular weight excluding hydrogens is 1120 g/mol. The highest BCUT2D eigenvalue weighted by molar-refractivity contribution is 6.32. The van der Waals surface area contributed by atoms with Gasteiger partial charge in [0.25, 0.3) is 0 Å². The van der Waals surface area contributed by atoms with E-state index in [9.17, 15) is 45.3 Å². The minimum atomic E-state index is -3.13. The molecule has 21 heteroatoms. The summed E-state index contributed by atoms with van der Waals surface area (Å²) in [7, 11) is 1.88. The van der Waals surface area contributed by atoms with Gasteiger partial charge in [-0.1, -0.05) is 54.3 Å². The van der Waals surface area contributed by atoms with Gasteiger partial charge >= 0.3 is 5.97 Å². The standard InChI is InChI=1S/C66H77N5O16/c1-33-60(79)66(81,82)61(84-21-18-71-63(68)69)62(85-33)87-59-45-9-5-8-41(67)12-13-42(75)24-36-7-4-6-35(22-36)10-14-44-50(86-34(2)74)26-40(31-72)51-52(44)58(78)53(45)54(57(51)77)56(76)46(59)25-38-11-15-43-49-27-48-39(29-64(49)16-19-83-20-17-64)23-37(30-70-3)28-65(48,80)55(43)47(38)32-73/h4,6-7,10-11,14-15,22,26,32-33,37,39,41-42,48-49,60-62,70,72,75-76,79-82H,9,12-13,16-21,23-25,27-31,67H2,1-3H3,(H4,68,69,71)/b14-10+/t33-,37-,39+,41-,42+,48-,49-,60+,61-,62+,65-/m0/s1. The molecule has 6 bridgehead atoms. The summed E-state index contributed by atoms with van der Waals surface area (Å²) in [5.41, 5.74) is 17.3. The number of carbonyl (C=O) groups excluding carboxylic acids is 4. The number of rotatable bonds is 13. The van der Waals surface area contributed by atoms with Gasteiger partial charge in [0.2, 0.25) is 12.1 Å². The van der Waals surface area contributed by atoms with E-state index >= 15 is 9.59 Å². The number of carbonyl (C=O) groups is 4. The molecule has 2 saturated heterocycles. The molecule has 2 saturated carbocycles. The molecule has 2 aliphatic heterocycles. The van der Waals surface area contributed by atoms with E-state index < -0.39 is 109 Å². The first-order chi connectivity index (χ1) is 41.6. The second-order valence-electron chi connectivity index (χ2n) is 24.8. The van der Waals surface area contributed by atoms with Crippen LogP contribution in [0.25, 0.3) is 12.2 Å². The van der Waals surface area contributed by atoms with Gasteiger partial charge in [-0.3, -0.25) is 24.2 Å². The first-order valence-electron chi connectivity index (χ1n) is 30.0. The van der Waals surface area contributed by atoms with Crippen LogP contribution in [0, 0.1) is 35.0 Å². The van der Waals surface area contributed by atoms with Gasteiger partial charge in [0, 0.05) is 71.9 Å². The number of hydrogen-bond donors (Lipinski definition) is 11. The number of phenolic OH excluding ortho intramolecular Hbond substituents is 1. The van der Waals surface area contributed by atoms with Crippen LogP contribution in [0.4, 0.5) is 0 Å². The third kappa shape index (κ3) is 11.3. The summed E-state index contributed by atoms with van der Waals surface area (Å²) in [6.07, 6.45) is -0.0328. The van der Waals surface area contributed by atoms with Crippen molar-refractivity contribution in [3.05, 3.63) is 120 Å². The van der Waals surface area contributed by atoms with Crippen LogP contribution in [0.2, 0.25) is 0 Å². The molecule has 0 radical (unpaired) electrons. The lowest BCUT2D eigenvalue weighted by atomic mass is 9.44. The van der Waals surface area contributed by atoms with E-state index in [1.54, 1.807) is 24.3 Å². The molecule has 11 rings (SSSR count). The zero-order valence-corrected chi connectivity index (χ0v) is 49.1. The fraction of sp³-hybridized carbons (Fsp3) is 0.500. The molecule has 462 valence electrons. The van der Waals surface area contributed by atoms with Crippen LogP contribution in [0.3, 0.4) is 0 Å². The van der Waals surface area contributed by atoms with Crippen LogP contribution in [-0.2, 0) is 50.5 Å². The number of phenols is 1. The molecule has 7 aliphatic rings. The number of esters is 1. The Hall–Kier alpha value is -6.91. The number of aliphatic hydroxyl groups excluding tert-OH is 3. The molecule has 4 aromatic rings. The fourth-order valence-corrected chi connectivity index (χ4v) is 15.6. The number of aromatic hydroxyl groups is 1. The smallest absolute Gasteiger partial charge is 0.308 e. The van der Waals surface area contributed by atoms with E-state index in [0.717, 1.165) is 50.2 Å². The Bertz CT molecular complexity index is 3520. The molecule has 4 fully saturated rings. The van der Waals surface area contributed by atoms with Crippen LogP contribution in [0.5, 0.6) is 17.2 Å². The maximum absolute atomic E-state index is 16.2. The molecule has 4 aromatic carbocycles. The summed E-state index contributed by atoms with van der Waals surface area (Å²) in [4.78, 5) is 63.2. The Morgan fingerprint density at radius 2 is 1.74 bits per heavy atom. The van der Waals surface area contributed by atoms with E-state index in [0.29, 0.717) is 43.6 Å². The molecule has 5 aliphatic carbocycles. The van der Waals surface area contributed by atoms with Gasteiger partial charge in [0.1, 0.15) is 23.4 Å². The first-order valence-corrected chi connectivity index (χ1v) is 30.0. The Morgan fingerprint density at radius 3 is 2.46 bits per heavy atom. The maximum Gasteiger partial charge on any atom is 0.308 e. The van der Waals surface area contributed by atoms with Gasteiger partial charge in [-0.05, 0) is 153 Å². The second-order valence-corrected chi connectivity index (χ2v) is 24.8. The highest BCUT2D eigenvalue weighted by Gasteiger charge is 2.62. The number of benzene rings is 4. The molecule has 11 atom stereocenters. The molecule has 0 aromatic heterocycles. The van der Waals surface area contributed by atoms with E-state index in [1.807, 2.05) is 25.2 Å². The summed E-state index contributed by atoms with van der Waals surface area (Å²) < 4.78 is 30.9. The highest BCUT2D eigenvalue weighted by Crippen LogP contribution is 2.68. The summed E-state index contributed by atoms with van der Waals surface area (Å²) in [5, 5.41) is 87.5. The van der Waals surface area contributed by atoms with Crippen molar-refractivity contribution in [1.82, 2.24) is 5.32 Å². The van der Waals surface area contributed by atoms with Crippen LogP contribution in [0.1, 0.15) is 163 Å². The molecule has 1 spiro atoms. The number of aliphatic hydroxyl groups is 6. The molecule has 2 heterocycles. The van der Waals surface area contributed by atoms with Gasteiger partial charge in [-0.2, -0.15) is 0 Å². The highest BCUT2D eigenvalue weighted by atomic mass is 16.7. The van der Waals surface area contributed by atoms with Gasteiger partial charge in [0.05, 0.1) is 49.2 Å². The number of nitrogens with two attached hydrogens (primary N) is 3. The second kappa shape index (κ2) is 24.6. The fourth-order valence-electron chi connectivity index (χ4n) is 15.6. The van der Waals surface area contributed by atoms with E-state index in [-0.39, 0.29) is 117 Å². The normalized spacial score (nSPS) is 28.9. The lowest BCUT2D eigenvalue weighted by Gasteiger charge is -2.62.